The van der Waals surface area contributed by atoms with Crippen LogP contribution < -0.4 is 16.4 Å². The van der Waals surface area contributed by atoms with Crippen LogP contribution in [0.25, 0.3) is 0 Å². The normalized spacial score (nSPS) is 12.1. The van der Waals surface area contributed by atoms with Gasteiger partial charge in [-0.2, -0.15) is 8.42 Å². The van der Waals surface area contributed by atoms with E-state index in [0.29, 0.717) is 5.69 Å². The molecule has 6 N–H and O–H groups in total. The maximum atomic E-state index is 13.4. The van der Waals surface area contributed by atoms with Gasteiger partial charge in [-0.15, -0.1) is 0 Å². The first-order valence-electron chi connectivity index (χ1n) is 11.1. The quantitative estimate of drug-likeness (QED) is 0.117. The van der Waals surface area contributed by atoms with Gasteiger partial charge in [0.25, 0.3) is 10.1 Å². The molecule has 0 unspecified atom stereocenters. The monoisotopic (exact) mass is 552 g/mol. The number of aromatic carboxylic acids is 1. The molecule has 191 valence electrons. The summed E-state index contributed by atoms with van der Waals surface area (Å²) in [6.45, 7) is 0. The third kappa shape index (κ3) is 5.18. The molecule has 0 saturated heterocycles. The van der Waals surface area contributed by atoms with Crippen molar-refractivity contribution in [3.63, 3.8) is 0 Å². The van der Waals surface area contributed by atoms with Gasteiger partial charge in [0.1, 0.15) is 4.90 Å². The number of carboxylic acids is 1. The van der Waals surface area contributed by atoms with E-state index in [4.69, 9.17) is 5.73 Å². The Hall–Kier alpha value is -4.00. The van der Waals surface area contributed by atoms with Crippen molar-refractivity contribution in [3.8, 4) is 0 Å². The van der Waals surface area contributed by atoms with E-state index in [2.05, 4.69) is 10.6 Å². The Morgan fingerprint density at radius 1 is 0.744 bits per heavy atom. The minimum Gasteiger partial charge on any atom is -0.478 e. The molecule has 1 aliphatic rings. The molecule has 39 heavy (non-hydrogen) atoms. The van der Waals surface area contributed by atoms with Crippen molar-refractivity contribution in [3.05, 3.63) is 107 Å². The third-order valence-electron chi connectivity index (χ3n) is 6.06. The number of nitrogens with two attached hydrogens (primary N) is 1. The van der Waals surface area contributed by atoms with Gasteiger partial charge in [0.15, 0.2) is 11.6 Å². The van der Waals surface area contributed by atoms with Crippen LogP contribution in [0, 0.1) is 0 Å². The molecule has 0 saturated carbocycles. The van der Waals surface area contributed by atoms with Crippen LogP contribution in [0.5, 0.6) is 0 Å². The molecule has 0 aliphatic heterocycles. The number of para-hydroxylation sites is 1. The van der Waals surface area contributed by atoms with Gasteiger partial charge in [0.05, 0.1) is 33.8 Å². The van der Waals surface area contributed by atoms with Crippen LogP contribution in [0.3, 0.4) is 0 Å². The molecule has 5 rings (SSSR count). The van der Waals surface area contributed by atoms with E-state index in [1.807, 2.05) is 6.07 Å². The van der Waals surface area contributed by atoms with E-state index >= 15 is 0 Å². The van der Waals surface area contributed by atoms with Gasteiger partial charge in [-0.1, -0.05) is 42.5 Å². The van der Waals surface area contributed by atoms with Crippen molar-refractivity contribution in [2.75, 3.05) is 16.4 Å². The van der Waals surface area contributed by atoms with Crippen molar-refractivity contribution in [2.24, 2.45) is 0 Å². The zero-order valence-electron chi connectivity index (χ0n) is 20.4. The van der Waals surface area contributed by atoms with Gasteiger partial charge in [-0.3, -0.25) is 14.1 Å². The summed E-state index contributed by atoms with van der Waals surface area (Å²) in [4.78, 5) is 38.0. The molecule has 0 heterocycles. The second-order valence-corrected chi connectivity index (χ2v) is 9.84. The van der Waals surface area contributed by atoms with Crippen LogP contribution in [0.2, 0.25) is 0 Å². The second-order valence-electron chi connectivity index (χ2n) is 8.45. The number of hydrogen-bond donors (Lipinski definition) is 5. The first kappa shape index (κ1) is 28.0. The van der Waals surface area contributed by atoms with Gasteiger partial charge in [0, 0.05) is 52.1 Å². The Morgan fingerprint density at radius 2 is 1.31 bits per heavy atom. The van der Waals surface area contributed by atoms with Crippen molar-refractivity contribution < 1.29 is 32.5 Å². The van der Waals surface area contributed by atoms with Crippen molar-refractivity contribution in [1.82, 2.24) is 0 Å². The van der Waals surface area contributed by atoms with Crippen molar-refractivity contribution in [1.29, 1.82) is 0 Å². The number of benzene rings is 4. The van der Waals surface area contributed by atoms with E-state index in [1.54, 1.807) is 36.4 Å². The molecule has 1 radical (unpaired) electrons. The summed E-state index contributed by atoms with van der Waals surface area (Å²) in [6, 6.07) is 20.1. The molecule has 10 nitrogen and oxygen atoms in total. The van der Waals surface area contributed by atoms with E-state index in [1.165, 1.54) is 30.3 Å². The molecule has 0 atom stereocenters. The van der Waals surface area contributed by atoms with Crippen molar-refractivity contribution in [2.45, 2.75) is 4.90 Å². The maximum Gasteiger partial charge on any atom is 0.337 e. The number of nitrogen functional groups attached to an aromatic ring is 1. The van der Waals surface area contributed by atoms with Crippen LogP contribution in [0.4, 0.5) is 28.4 Å². The van der Waals surface area contributed by atoms with E-state index in [-0.39, 0.29) is 74.4 Å². The zero-order valence-corrected chi connectivity index (χ0v) is 23.2. The van der Waals surface area contributed by atoms with Crippen molar-refractivity contribution >= 4 is 85.6 Å². The standard InChI is InChI=1S/C27H19N3O7S.Na/c28-24-21(38(35,36)37)13-20(22-23(24)26(32)17-9-5-4-8-16(17)25(22)31)30-15-10-11-19(18(12-15)27(33)34)29-14-6-2-1-3-7-14;/h1-13,29-30H,28H2,(H,33,34)(H,35,36,37);. The molecule has 0 amide bonds. The van der Waals surface area contributed by atoms with Gasteiger partial charge in [0.2, 0.25) is 0 Å². The van der Waals surface area contributed by atoms with E-state index in [0.717, 1.165) is 6.07 Å². The number of ketones is 2. The largest absolute Gasteiger partial charge is 0.478 e. The van der Waals surface area contributed by atoms with Crippen LogP contribution in [0.15, 0.2) is 83.8 Å². The van der Waals surface area contributed by atoms with Crippen LogP contribution in [-0.4, -0.2) is 65.2 Å². The van der Waals surface area contributed by atoms with Crippen LogP contribution in [0.1, 0.15) is 42.2 Å². The molecular formula is C27H19N3NaO7S. The average molecular weight is 553 g/mol. The Bertz CT molecular complexity index is 1770. The second kappa shape index (κ2) is 10.6. The Balaban J connectivity index is 0.00000353. The maximum absolute atomic E-state index is 13.4. The molecule has 4 aromatic carbocycles. The fraction of sp³-hybridized carbons (Fsp3) is 0. The Labute approximate surface area is 244 Å². The summed E-state index contributed by atoms with van der Waals surface area (Å²) >= 11 is 0. The minimum absolute atomic E-state index is 0. The number of carbonyl (C=O) groups excluding carboxylic acids is 2. The molecule has 0 aromatic heterocycles. The number of nitrogens with one attached hydrogen (secondary N) is 2. The predicted molar refractivity (Wildman–Crippen MR) is 146 cm³/mol. The summed E-state index contributed by atoms with van der Waals surface area (Å²) in [6.07, 6.45) is 0. The molecule has 0 spiro atoms. The fourth-order valence-corrected chi connectivity index (χ4v) is 4.99. The average Bonchev–Trinajstić information content (AvgIpc) is 2.88. The summed E-state index contributed by atoms with van der Waals surface area (Å²) in [5, 5.41) is 15.7. The Morgan fingerprint density at radius 3 is 1.90 bits per heavy atom. The molecular weight excluding hydrogens is 533 g/mol. The molecule has 0 fully saturated rings. The van der Waals surface area contributed by atoms with Crippen LogP contribution >= 0.6 is 0 Å². The Kier molecular flexibility index (Phi) is 7.64. The first-order chi connectivity index (χ1) is 18.1. The number of carbonyl (C=O) groups is 3. The smallest absolute Gasteiger partial charge is 0.337 e. The summed E-state index contributed by atoms with van der Waals surface area (Å²) in [5.74, 6) is -2.52. The summed E-state index contributed by atoms with van der Waals surface area (Å²) < 4.78 is 34.0. The number of rotatable bonds is 6. The molecule has 1 aliphatic carbocycles. The van der Waals surface area contributed by atoms with Gasteiger partial charge in [-0.25, -0.2) is 4.79 Å². The van der Waals surface area contributed by atoms with E-state index in [9.17, 15) is 32.5 Å². The SMILES string of the molecule is Nc1c(S(=O)(=O)O)cc(Nc2ccc(Nc3ccccc3)c(C(=O)O)c2)c2c1C(=O)c1ccccc1C2=O.[Na]. The van der Waals surface area contributed by atoms with Gasteiger partial charge in [-0.05, 0) is 36.4 Å². The molecule has 12 heteroatoms. The number of carboxylic acid groups (broad SMARTS) is 1. The molecule has 0 bridgehead atoms. The minimum atomic E-state index is -4.90. The number of anilines is 5. The number of hydrogen-bond acceptors (Lipinski definition) is 8. The van der Waals surface area contributed by atoms with Crippen LogP contribution in [-0.2, 0) is 10.1 Å². The number of fused-ring (bicyclic) bond motifs is 2. The first-order valence-corrected chi connectivity index (χ1v) is 12.6. The van der Waals surface area contributed by atoms with Gasteiger partial charge >= 0.3 is 5.97 Å². The summed E-state index contributed by atoms with van der Waals surface area (Å²) in [5.41, 5.74) is 5.86. The predicted octanol–water partition coefficient (Wildman–Crippen LogP) is 4.10. The third-order valence-corrected chi connectivity index (χ3v) is 6.95. The van der Waals surface area contributed by atoms with E-state index < -0.39 is 38.2 Å². The zero-order chi connectivity index (χ0) is 27.2. The van der Waals surface area contributed by atoms with Gasteiger partial charge < -0.3 is 21.5 Å². The summed E-state index contributed by atoms with van der Waals surface area (Å²) in [7, 11) is -4.90. The fourth-order valence-electron chi connectivity index (χ4n) is 4.35. The topological polar surface area (TPSA) is 176 Å². The molecule has 4 aromatic rings.